The van der Waals surface area contributed by atoms with Gasteiger partial charge in [0.05, 0.1) is 11.1 Å². The summed E-state index contributed by atoms with van der Waals surface area (Å²) in [5.74, 6) is -1.10. The van der Waals surface area contributed by atoms with E-state index in [0.29, 0.717) is 16.3 Å². The number of aryl methyl sites for hydroxylation is 1. The Morgan fingerprint density at radius 2 is 1.72 bits per heavy atom. The number of amides is 1. The molecule has 1 amide bonds. The Morgan fingerprint density at radius 1 is 1.03 bits per heavy atom. The highest BCUT2D eigenvalue weighted by molar-refractivity contribution is 6.31. The van der Waals surface area contributed by atoms with E-state index in [9.17, 15) is 14.0 Å². The number of carboxylic acids is 1. The van der Waals surface area contributed by atoms with Gasteiger partial charge in [-0.05, 0) is 66.6 Å². The molecule has 3 aromatic carbocycles. The minimum absolute atomic E-state index is 0.167. The Labute approximate surface area is 171 Å². The summed E-state index contributed by atoms with van der Waals surface area (Å²) in [5, 5.41) is 12.1. The second-order valence-electron chi connectivity index (χ2n) is 6.34. The van der Waals surface area contributed by atoms with Gasteiger partial charge in [-0.1, -0.05) is 23.7 Å². The Bertz CT molecular complexity index is 1070. The number of carboxylic acid groups (broad SMARTS) is 1. The molecule has 0 atom stereocenters. The Morgan fingerprint density at radius 3 is 2.38 bits per heavy atom. The van der Waals surface area contributed by atoms with E-state index in [-0.39, 0.29) is 29.2 Å². The first kappa shape index (κ1) is 20.4. The second-order valence-corrected chi connectivity index (χ2v) is 6.77. The molecule has 29 heavy (non-hydrogen) atoms. The monoisotopic (exact) mass is 413 g/mol. The van der Waals surface area contributed by atoms with Crippen molar-refractivity contribution in [2.45, 2.75) is 13.5 Å². The molecule has 3 rings (SSSR count). The second kappa shape index (κ2) is 8.75. The molecule has 0 fully saturated rings. The summed E-state index contributed by atoms with van der Waals surface area (Å²) in [5.41, 5.74) is 1.72. The molecule has 0 aliphatic heterocycles. The summed E-state index contributed by atoms with van der Waals surface area (Å²) in [6, 6.07) is 14.9. The number of rotatable bonds is 6. The van der Waals surface area contributed by atoms with Crippen LogP contribution >= 0.6 is 11.6 Å². The molecule has 0 spiro atoms. The molecule has 2 N–H and O–H groups in total. The maximum absolute atomic E-state index is 13.3. The molecular formula is C22H17ClFNO4. The van der Waals surface area contributed by atoms with Crippen LogP contribution in [-0.2, 0) is 6.54 Å². The van der Waals surface area contributed by atoms with Gasteiger partial charge in [0.15, 0.2) is 0 Å². The number of aromatic carboxylic acids is 1. The van der Waals surface area contributed by atoms with Crippen molar-refractivity contribution in [3.63, 3.8) is 0 Å². The molecule has 0 unspecified atom stereocenters. The SMILES string of the molecule is Cc1cc(F)ccc1Oc1ccc(Cl)cc1C(=O)NCc1ccc(C(=O)O)cc1. The number of hydrogen-bond donors (Lipinski definition) is 2. The number of carbonyl (C=O) groups excluding carboxylic acids is 1. The van der Waals surface area contributed by atoms with E-state index in [1.807, 2.05) is 0 Å². The molecule has 7 heteroatoms. The maximum atomic E-state index is 13.3. The number of nitrogens with one attached hydrogen (secondary N) is 1. The fourth-order valence-corrected chi connectivity index (χ4v) is 2.83. The van der Waals surface area contributed by atoms with Crippen LogP contribution in [-0.4, -0.2) is 17.0 Å². The van der Waals surface area contributed by atoms with Crippen LogP contribution < -0.4 is 10.1 Å². The lowest BCUT2D eigenvalue weighted by Gasteiger charge is -2.13. The molecule has 0 aromatic heterocycles. The zero-order chi connectivity index (χ0) is 21.0. The summed E-state index contributed by atoms with van der Waals surface area (Å²) in [6.07, 6.45) is 0. The van der Waals surface area contributed by atoms with Crippen LogP contribution in [0, 0.1) is 12.7 Å². The number of carbonyl (C=O) groups is 2. The van der Waals surface area contributed by atoms with Crippen molar-refractivity contribution in [3.05, 3.63) is 93.8 Å². The molecule has 0 aliphatic carbocycles. The average molecular weight is 414 g/mol. The lowest BCUT2D eigenvalue weighted by atomic mass is 10.1. The van der Waals surface area contributed by atoms with Crippen LogP contribution in [0.15, 0.2) is 60.7 Å². The zero-order valence-electron chi connectivity index (χ0n) is 15.4. The first-order valence-electron chi connectivity index (χ1n) is 8.67. The van der Waals surface area contributed by atoms with Crippen LogP contribution in [0.3, 0.4) is 0 Å². The van der Waals surface area contributed by atoms with E-state index in [1.54, 1.807) is 31.2 Å². The first-order valence-corrected chi connectivity index (χ1v) is 9.05. The van der Waals surface area contributed by atoms with Gasteiger partial charge in [-0.25, -0.2) is 9.18 Å². The summed E-state index contributed by atoms with van der Waals surface area (Å²) in [6.45, 7) is 1.90. The minimum Gasteiger partial charge on any atom is -0.478 e. The van der Waals surface area contributed by atoms with Gasteiger partial charge in [0.25, 0.3) is 5.91 Å². The third kappa shape index (κ3) is 5.12. The van der Waals surface area contributed by atoms with Crippen molar-refractivity contribution in [1.82, 2.24) is 5.32 Å². The van der Waals surface area contributed by atoms with Crippen molar-refractivity contribution in [1.29, 1.82) is 0 Å². The predicted molar refractivity (Wildman–Crippen MR) is 107 cm³/mol. The predicted octanol–water partition coefficient (Wildman–Crippen LogP) is 5.21. The van der Waals surface area contributed by atoms with E-state index in [0.717, 1.165) is 5.56 Å². The van der Waals surface area contributed by atoms with Gasteiger partial charge < -0.3 is 15.2 Å². The maximum Gasteiger partial charge on any atom is 0.335 e. The van der Waals surface area contributed by atoms with Gasteiger partial charge in [0.1, 0.15) is 17.3 Å². The molecule has 3 aromatic rings. The lowest BCUT2D eigenvalue weighted by molar-refractivity contribution is 0.0696. The summed E-state index contributed by atoms with van der Waals surface area (Å²) < 4.78 is 19.1. The molecule has 0 aliphatic rings. The largest absolute Gasteiger partial charge is 0.478 e. The van der Waals surface area contributed by atoms with Crippen molar-refractivity contribution in [2.75, 3.05) is 0 Å². The minimum atomic E-state index is -1.02. The molecule has 0 saturated carbocycles. The van der Waals surface area contributed by atoms with Crippen LogP contribution in [0.5, 0.6) is 11.5 Å². The highest BCUT2D eigenvalue weighted by Gasteiger charge is 2.15. The van der Waals surface area contributed by atoms with E-state index < -0.39 is 11.9 Å². The normalized spacial score (nSPS) is 10.4. The van der Waals surface area contributed by atoms with Crippen molar-refractivity contribution in [2.24, 2.45) is 0 Å². The molecule has 0 saturated heterocycles. The molecule has 0 radical (unpaired) electrons. The first-order chi connectivity index (χ1) is 13.8. The van der Waals surface area contributed by atoms with E-state index in [4.69, 9.17) is 21.4 Å². The van der Waals surface area contributed by atoms with Crippen molar-refractivity contribution < 1.29 is 23.8 Å². The molecule has 0 heterocycles. The Kier molecular flexibility index (Phi) is 6.14. The van der Waals surface area contributed by atoms with Crippen LogP contribution in [0.2, 0.25) is 5.02 Å². The molecule has 0 bridgehead atoms. The van der Waals surface area contributed by atoms with Gasteiger partial charge in [-0.15, -0.1) is 0 Å². The molecule has 5 nitrogen and oxygen atoms in total. The van der Waals surface area contributed by atoms with Gasteiger partial charge in [0.2, 0.25) is 0 Å². The van der Waals surface area contributed by atoms with Gasteiger partial charge in [-0.3, -0.25) is 4.79 Å². The Balaban J connectivity index is 1.77. The lowest BCUT2D eigenvalue weighted by Crippen LogP contribution is -2.23. The number of ether oxygens (including phenoxy) is 1. The fourth-order valence-electron chi connectivity index (χ4n) is 2.66. The van der Waals surface area contributed by atoms with Crippen LogP contribution in [0.1, 0.15) is 31.8 Å². The number of benzene rings is 3. The fraction of sp³-hybridized carbons (Fsp3) is 0.0909. The van der Waals surface area contributed by atoms with Crippen molar-refractivity contribution >= 4 is 23.5 Å². The van der Waals surface area contributed by atoms with E-state index in [1.165, 1.54) is 36.4 Å². The summed E-state index contributed by atoms with van der Waals surface area (Å²) >= 11 is 6.04. The summed E-state index contributed by atoms with van der Waals surface area (Å²) in [7, 11) is 0. The molecular weight excluding hydrogens is 397 g/mol. The summed E-state index contributed by atoms with van der Waals surface area (Å²) in [4.78, 5) is 23.6. The highest BCUT2D eigenvalue weighted by Crippen LogP contribution is 2.30. The standard InChI is InChI=1S/C22H17ClFNO4/c1-13-10-17(24)7-9-19(13)29-20-8-6-16(23)11-18(20)21(26)25-12-14-2-4-15(5-3-14)22(27)28/h2-11H,12H2,1H3,(H,25,26)(H,27,28). The average Bonchev–Trinajstić information content (AvgIpc) is 2.69. The van der Waals surface area contributed by atoms with Gasteiger partial charge in [-0.2, -0.15) is 0 Å². The number of halogens is 2. The van der Waals surface area contributed by atoms with Crippen LogP contribution in [0.4, 0.5) is 4.39 Å². The van der Waals surface area contributed by atoms with Crippen LogP contribution in [0.25, 0.3) is 0 Å². The number of hydrogen-bond acceptors (Lipinski definition) is 3. The van der Waals surface area contributed by atoms with Gasteiger partial charge >= 0.3 is 5.97 Å². The van der Waals surface area contributed by atoms with Crippen molar-refractivity contribution in [3.8, 4) is 11.5 Å². The Hall–Kier alpha value is -3.38. The third-order valence-corrected chi connectivity index (χ3v) is 4.43. The third-order valence-electron chi connectivity index (χ3n) is 4.20. The quantitative estimate of drug-likeness (QED) is 0.581. The topological polar surface area (TPSA) is 75.6 Å². The van der Waals surface area contributed by atoms with E-state index >= 15 is 0 Å². The molecule has 148 valence electrons. The zero-order valence-corrected chi connectivity index (χ0v) is 16.2. The smallest absolute Gasteiger partial charge is 0.335 e. The van der Waals surface area contributed by atoms with E-state index in [2.05, 4.69) is 5.32 Å². The highest BCUT2D eigenvalue weighted by atomic mass is 35.5. The van der Waals surface area contributed by atoms with Gasteiger partial charge in [0, 0.05) is 11.6 Å².